The molecule has 0 unspecified atom stereocenters. The first-order valence-corrected chi connectivity index (χ1v) is 8.46. The van der Waals surface area contributed by atoms with E-state index < -0.39 is 0 Å². The van der Waals surface area contributed by atoms with Crippen LogP contribution in [0, 0.1) is 13.8 Å². The van der Waals surface area contributed by atoms with Gasteiger partial charge >= 0.3 is 0 Å². The van der Waals surface area contributed by atoms with Gasteiger partial charge in [0.1, 0.15) is 0 Å². The van der Waals surface area contributed by atoms with Crippen LogP contribution in [0.15, 0.2) is 42.5 Å². The van der Waals surface area contributed by atoms with Crippen molar-refractivity contribution in [1.29, 1.82) is 0 Å². The van der Waals surface area contributed by atoms with E-state index in [1.54, 1.807) is 24.3 Å². The Morgan fingerprint density at radius 1 is 1.12 bits per heavy atom. The number of rotatable bonds is 6. The van der Waals surface area contributed by atoms with E-state index in [1.165, 1.54) is 23.6 Å². The van der Waals surface area contributed by atoms with Gasteiger partial charge < -0.3 is 5.32 Å². The molecule has 2 aromatic carbocycles. The third-order valence-corrected chi connectivity index (χ3v) is 4.50. The SMILES string of the molecule is CC(=O)c1cccc(NC(=O)[C@H](C)N(C)Cc2ccc(C)cc2C)c1. The Morgan fingerprint density at radius 3 is 2.48 bits per heavy atom. The van der Waals surface area contributed by atoms with E-state index in [0.29, 0.717) is 17.8 Å². The van der Waals surface area contributed by atoms with Crippen LogP contribution in [0.2, 0.25) is 0 Å². The highest BCUT2D eigenvalue weighted by Crippen LogP contribution is 2.16. The number of carbonyl (C=O) groups is 2. The molecular formula is C21H26N2O2. The van der Waals surface area contributed by atoms with Crippen LogP contribution in [-0.4, -0.2) is 29.7 Å². The van der Waals surface area contributed by atoms with Gasteiger partial charge in [-0.25, -0.2) is 0 Å². The predicted molar refractivity (Wildman–Crippen MR) is 102 cm³/mol. The predicted octanol–water partition coefficient (Wildman–Crippen LogP) is 3.97. The van der Waals surface area contributed by atoms with E-state index in [0.717, 1.165) is 0 Å². The molecule has 1 N–H and O–H groups in total. The Balaban J connectivity index is 2.03. The molecule has 0 spiro atoms. The van der Waals surface area contributed by atoms with E-state index in [1.807, 2.05) is 18.9 Å². The Bertz CT molecular complexity index is 783. The highest BCUT2D eigenvalue weighted by molar-refractivity contribution is 5.98. The molecule has 0 aliphatic heterocycles. The molecule has 0 bridgehead atoms. The number of anilines is 1. The van der Waals surface area contributed by atoms with Crippen LogP contribution in [0.5, 0.6) is 0 Å². The molecule has 0 radical (unpaired) electrons. The van der Waals surface area contributed by atoms with Crippen LogP contribution < -0.4 is 5.32 Å². The topological polar surface area (TPSA) is 49.4 Å². The molecular weight excluding hydrogens is 312 g/mol. The Hall–Kier alpha value is -2.46. The van der Waals surface area contributed by atoms with Crippen molar-refractivity contribution in [3.05, 3.63) is 64.7 Å². The van der Waals surface area contributed by atoms with Crippen LogP contribution in [0.4, 0.5) is 5.69 Å². The van der Waals surface area contributed by atoms with E-state index >= 15 is 0 Å². The summed E-state index contributed by atoms with van der Waals surface area (Å²) in [6, 6.07) is 13.1. The number of likely N-dealkylation sites (N-methyl/N-ethyl adjacent to an activating group) is 1. The number of amides is 1. The second-order valence-electron chi connectivity index (χ2n) is 6.65. The molecule has 0 saturated carbocycles. The van der Waals surface area contributed by atoms with Crippen molar-refractivity contribution >= 4 is 17.4 Å². The van der Waals surface area contributed by atoms with Gasteiger partial charge in [0.2, 0.25) is 5.91 Å². The van der Waals surface area contributed by atoms with Crippen molar-refractivity contribution < 1.29 is 9.59 Å². The molecule has 0 saturated heterocycles. The quantitative estimate of drug-likeness (QED) is 0.811. The van der Waals surface area contributed by atoms with Crippen LogP contribution in [0.1, 0.15) is 40.9 Å². The molecule has 25 heavy (non-hydrogen) atoms. The molecule has 1 amide bonds. The Morgan fingerprint density at radius 2 is 1.84 bits per heavy atom. The summed E-state index contributed by atoms with van der Waals surface area (Å²) in [4.78, 5) is 26.0. The molecule has 4 nitrogen and oxygen atoms in total. The maximum Gasteiger partial charge on any atom is 0.241 e. The van der Waals surface area contributed by atoms with Crippen LogP contribution >= 0.6 is 0 Å². The van der Waals surface area contributed by atoms with E-state index in [2.05, 4.69) is 37.4 Å². The maximum atomic E-state index is 12.5. The summed E-state index contributed by atoms with van der Waals surface area (Å²) in [5.74, 6) is -0.107. The zero-order valence-electron chi connectivity index (χ0n) is 15.6. The van der Waals surface area contributed by atoms with E-state index in [9.17, 15) is 9.59 Å². The first-order valence-electron chi connectivity index (χ1n) is 8.46. The minimum Gasteiger partial charge on any atom is -0.325 e. The molecule has 0 fully saturated rings. The maximum absolute atomic E-state index is 12.5. The van der Waals surface area contributed by atoms with Crippen molar-refractivity contribution in [3.63, 3.8) is 0 Å². The number of nitrogens with zero attached hydrogens (tertiary/aromatic N) is 1. The number of aryl methyl sites for hydroxylation is 2. The molecule has 1 atom stereocenters. The molecule has 0 aliphatic carbocycles. The summed E-state index contributed by atoms with van der Waals surface area (Å²) >= 11 is 0. The summed E-state index contributed by atoms with van der Waals surface area (Å²) in [5, 5.41) is 2.89. The van der Waals surface area contributed by atoms with Gasteiger partial charge in [0.15, 0.2) is 5.78 Å². The average Bonchev–Trinajstić information content (AvgIpc) is 2.56. The standard InChI is InChI=1S/C21H26N2O2/c1-14-9-10-19(15(2)11-14)13-23(5)16(3)21(25)22-20-8-6-7-18(12-20)17(4)24/h6-12,16H,13H2,1-5H3,(H,22,25)/t16-/m0/s1. The fourth-order valence-corrected chi connectivity index (χ4v) is 2.69. The van der Waals surface area contributed by atoms with Gasteiger partial charge in [-0.1, -0.05) is 35.9 Å². The fourth-order valence-electron chi connectivity index (χ4n) is 2.69. The Kier molecular flexibility index (Phi) is 6.10. The highest BCUT2D eigenvalue weighted by atomic mass is 16.2. The Labute approximate surface area is 149 Å². The van der Waals surface area contributed by atoms with E-state index in [-0.39, 0.29) is 17.7 Å². The smallest absolute Gasteiger partial charge is 0.241 e. The lowest BCUT2D eigenvalue weighted by atomic mass is 10.0. The van der Waals surface area contributed by atoms with Crippen molar-refractivity contribution in [2.45, 2.75) is 40.3 Å². The summed E-state index contributed by atoms with van der Waals surface area (Å²) in [5.41, 5.74) is 4.92. The van der Waals surface area contributed by atoms with Gasteiger partial charge in [0.25, 0.3) is 0 Å². The van der Waals surface area contributed by atoms with Crippen LogP contribution in [0.3, 0.4) is 0 Å². The van der Waals surface area contributed by atoms with Gasteiger partial charge in [-0.15, -0.1) is 0 Å². The van der Waals surface area contributed by atoms with Gasteiger partial charge in [-0.05, 0) is 58.0 Å². The number of nitrogens with one attached hydrogen (secondary N) is 1. The second kappa shape index (κ2) is 8.08. The number of carbonyl (C=O) groups excluding carboxylic acids is 2. The number of hydrogen-bond donors (Lipinski definition) is 1. The summed E-state index contributed by atoms with van der Waals surface area (Å²) < 4.78 is 0. The summed E-state index contributed by atoms with van der Waals surface area (Å²) in [6.45, 7) is 8.27. The fraction of sp³-hybridized carbons (Fsp3) is 0.333. The van der Waals surface area contributed by atoms with Crippen molar-refractivity contribution in [2.24, 2.45) is 0 Å². The lowest BCUT2D eigenvalue weighted by Gasteiger charge is -2.25. The van der Waals surface area contributed by atoms with Gasteiger partial charge in [-0.3, -0.25) is 14.5 Å². The van der Waals surface area contributed by atoms with Gasteiger partial charge in [0.05, 0.1) is 6.04 Å². The third-order valence-electron chi connectivity index (χ3n) is 4.50. The van der Waals surface area contributed by atoms with Gasteiger partial charge in [-0.2, -0.15) is 0 Å². The molecule has 2 aromatic rings. The normalized spacial score (nSPS) is 12.1. The molecule has 132 valence electrons. The number of ketones is 1. The molecule has 4 heteroatoms. The largest absolute Gasteiger partial charge is 0.325 e. The number of hydrogen-bond acceptors (Lipinski definition) is 3. The van der Waals surface area contributed by atoms with Crippen molar-refractivity contribution in [2.75, 3.05) is 12.4 Å². The first-order chi connectivity index (χ1) is 11.8. The molecule has 0 aliphatic rings. The lowest BCUT2D eigenvalue weighted by molar-refractivity contribution is -0.120. The summed E-state index contributed by atoms with van der Waals surface area (Å²) in [7, 11) is 1.94. The summed E-state index contributed by atoms with van der Waals surface area (Å²) in [6.07, 6.45) is 0. The van der Waals surface area contributed by atoms with Crippen LogP contribution in [0.25, 0.3) is 0 Å². The number of benzene rings is 2. The van der Waals surface area contributed by atoms with E-state index in [4.69, 9.17) is 0 Å². The molecule has 2 rings (SSSR count). The molecule has 0 heterocycles. The van der Waals surface area contributed by atoms with Crippen molar-refractivity contribution in [3.8, 4) is 0 Å². The minimum absolute atomic E-state index is 0.0175. The zero-order valence-corrected chi connectivity index (χ0v) is 15.6. The number of Topliss-reactive ketones (excluding diaryl/α,β-unsaturated/α-hetero) is 1. The van der Waals surface area contributed by atoms with Crippen LogP contribution in [-0.2, 0) is 11.3 Å². The highest BCUT2D eigenvalue weighted by Gasteiger charge is 2.19. The second-order valence-corrected chi connectivity index (χ2v) is 6.65. The average molecular weight is 338 g/mol. The minimum atomic E-state index is -0.290. The monoisotopic (exact) mass is 338 g/mol. The zero-order chi connectivity index (χ0) is 18.6. The van der Waals surface area contributed by atoms with Gasteiger partial charge in [0, 0.05) is 17.8 Å². The molecule has 0 aromatic heterocycles. The van der Waals surface area contributed by atoms with Crippen molar-refractivity contribution in [1.82, 2.24) is 4.90 Å². The first kappa shape index (κ1) is 18.9. The third kappa shape index (κ3) is 5.00. The lowest BCUT2D eigenvalue weighted by Crippen LogP contribution is -2.39.